The van der Waals surface area contributed by atoms with Gasteiger partial charge in [-0.25, -0.2) is 4.79 Å². The summed E-state index contributed by atoms with van der Waals surface area (Å²) in [6.45, 7) is 9.46. The van der Waals surface area contributed by atoms with Crippen LogP contribution in [0.2, 0.25) is 0 Å². The molecule has 6 nitrogen and oxygen atoms in total. The van der Waals surface area contributed by atoms with Gasteiger partial charge in [0.2, 0.25) is 0 Å². The Morgan fingerprint density at radius 2 is 1.90 bits per heavy atom. The Kier molecular flexibility index (Phi) is 6.68. The summed E-state index contributed by atoms with van der Waals surface area (Å²) >= 11 is 0. The van der Waals surface area contributed by atoms with Crippen LogP contribution in [0, 0.1) is 18.8 Å². The average molecular weight is 426 g/mol. The van der Waals surface area contributed by atoms with Crippen molar-refractivity contribution in [1.29, 1.82) is 0 Å². The van der Waals surface area contributed by atoms with Crippen LogP contribution in [0.15, 0.2) is 46.8 Å². The maximum Gasteiger partial charge on any atom is 0.337 e. The van der Waals surface area contributed by atoms with E-state index in [0.29, 0.717) is 29.7 Å². The summed E-state index contributed by atoms with van der Waals surface area (Å²) in [5.74, 6) is -2.96. The number of ether oxygens (including phenoxy) is 2. The molecule has 31 heavy (non-hydrogen) atoms. The molecule has 4 atom stereocenters. The Bertz CT molecular complexity index is 974. The minimum Gasteiger partial charge on any atom is -0.468 e. The predicted molar refractivity (Wildman–Crippen MR) is 117 cm³/mol. The summed E-state index contributed by atoms with van der Waals surface area (Å²) < 4.78 is 10.6. The molecule has 6 heteroatoms. The lowest BCUT2D eigenvalue weighted by Gasteiger charge is -2.38. The summed E-state index contributed by atoms with van der Waals surface area (Å²) in [5, 5.41) is 3.28. The van der Waals surface area contributed by atoms with Crippen LogP contribution in [-0.4, -0.2) is 30.9 Å². The fourth-order valence-electron chi connectivity index (χ4n) is 4.50. The number of methoxy groups -OCH3 is 1. The van der Waals surface area contributed by atoms with E-state index in [0.717, 1.165) is 16.8 Å². The first-order valence-corrected chi connectivity index (χ1v) is 10.8. The molecule has 1 heterocycles. The number of carbonyl (C=O) groups excluding carboxylic acids is 3. The van der Waals surface area contributed by atoms with E-state index >= 15 is 0 Å². The second-order valence-corrected chi connectivity index (χ2v) is 8.52. The Balaban J connectivity index is 2.18. The monoisotopic (exact) mass is 425 g/mol. The minimum absolute atomic E-state index is 0.204. The van der Waals surface area contributed by atoms with Gasteiger partial charge in [-0.15, -0.1) is 0 Å². The van der Waals surface area contributed by atoms with Crippen molar-refractivity contribution in [3.63, 3.8) is 0 Å². The number of benzene rings is 1. The quantitative estimate of drug-likeness (QED) is 0.568. The number of Topliss-reactive ketones (excluding diaryl/α,β-unsaturated/α-hetero) is 1. The van der Waals surface area contributed by atoms with Gasteiger partial charge in [-0.1, -0.05) is 38.1 Å². The smallest absolute Gasteiger partial charge is 0.337 e. The van der Waals surface area contributed by atoms with Crippen molar-refractivity contribution in [1.82, 2.24) is 5.32 Å². The second kappa shape index (κ2) is 9.08. The van der Waals surface area contributed by atoms with E-state index in [2.05, 4.69) is 5.32 Å². The zero-order valence-electron chi connectivity index (χ0n) is 19.1. The van der Waals surface area contributed by atoms with Crippen molar-refractivity contribution in [2.24, 2.45) is 11.8 Å². The van der Waals surface area contributed by atoms with Gasteiger partial charge in [0.25, 0.3) is 0 Å². The number of ketones is 1. The van der Waals surface area contributed by atoms with Gasteiger partial charge in [0.1, 0.15) is 5.92 Å². The normalized spacial score (nSPS) is 24.3. The number of hydrogen-bond donors (Lipinski definition) is 1. The molecule has 0 aromatic heterocycles. The molecule has 2 aliphatic rings. The minimum atomic E-state index is -0.887. The zero-order chi connectivity index (χ0) is 22.9. The molecule has 1 aromatic rings. The van der Waals surface area contributed by atoms with Crippen molar-refractivity contribution >= 4 is 17.7 Å². The van der Waals surface area contributed by atoms with Crippen LogP contribution in [0.5, 0.6) is 0 Å². The molecule has 0 unspecified atom stereocenters. The largest absolute Gasteiger partial charge is 0.468 e. The van der Waals surface area contributed by atoms with Crippen LogP contribution >= 0.6 is 0 Å². The molecule has 3 rings (SSSR count). The van der Waals surface area contributed by atoms with Crippen LogP contribution < -0.4 is 5.32 Å². The van der Waals surface area contributed by atoms with Crippen LogP contribution in [0.1, 0.15) is 57.6 Å². The molecule has 0 saturated carbocycles. The molecule has 1 aromatic carbocycles. The molecular weight excluding hydrogens is 394 g/mol. The molecule has 0 saturated heterocycles. The number of dihydropyridines is 1. The standard InChI is InChI=1S/C25H31NO5/c1-7-15(4)31-25(29)20-16(5)26-18-12-14(3)19(24(28)30-6)23(27)22(18)21(20)17-11-9-8-10-13(17)2/h8-11,14-15,19,21,26H,7,12H2,1-6H3/t14-,15+,19-,21+/m1/s1. The number of hydrogen-bond acceptors (Lipinski definition) is 6. The van der Waals surface area contributed by atoms with Gasteiger partial charge in [-0.3, -0.25) is 9.59 Å². The molecule has 166 valence electrons. The summed E-state index contributed by atoms with van der Waals surface area (Å²) in [6, 6.07) is 7.70. The lowest BCUT2D eigenvalue weighted by atomic mass is 9.68. The number of rotatable bonds is 5. The number of nitrogens with one attached hydrogen (secondary N) is 1. The summed E-state index contributed by atoms with van der Waals surface area (Å²) in [7, 11) is 1.29. The first-order chi connectivity index (χ1) is 14.7. The van der Waals surface area contributed by atoms with Gasteiger partial charge in [-0.05, 0) is 50.7 Å². The topological polar surface area (TPSA) is 81.7 Å². The number of allylic oxidation sites excluding steroid dienone is 3. The highest BCUT2D eigenvalue weighted by Crippen LogP contribution is 2.46. The highest BCUT2D eigenvalue weighted by Gasteiger charge is 2.47. The van der Waals surface area contributed by atoms with E-state index in [9.17, 15) is 14.4 Å². The molecule has 0 radical (unpaired) electrons. The van der Waals surface area contributed by atoms with Crippen molar-refractivity contribution in [2.45, 2.75) is 59.5 Å². The van der Waals surface area contributed by atoms with E-state index in [1.807, 2.05) is 58.9 Å². The molecule has 0 bridgehead atoms. The summed E-state index contributed by atoms with van der Waals surface area (Å²) in [4.78, 5) is 39.3. The average Bonchev–Trinajstić information content (AvgIpc) is 2.72. The van der Waals surface area contributed by atoms with E-state index < -0.39 is 23.8 Å². The van der Waals surface area contributed by atoms with Gasteiger partial charge >= 0.3 is 11.9 Å². The third-order valence-electron chi connectivity index (χ3n) is 6.35. The fourth-order valence-corrected chi connectivity index (χ4v) is 4.50. The van der Waals surface area contributed by atoms with E-state index in [1.165, 1.54) is 7.11 Å². The summed E-state index contributed by atoms with van der Waals surface area (Å²) in [5.41, 5.74) is 4.15. The predicted octanol–water partition coefficient (Wildman–Crippen LogP) is 3.95. The Labute approximate surface area is 183 Å². The molecule has 0 amide bonds. The van der Waals surface area contributed by atoms with Gasteiger partial charge in [0, 0.05) is 22.9 Å². The fraction of sp³-hybridized carbons (Fsp3) is 0.480. The Morgan fingerprint density at radius 3 is 2.52 bits per heavy atom. The van der Waals surface area contributed by atoms with Crippen molar-refractivity contribution in [3.8, 4) is 0 Å². The van der Waals surface area contributed by atoms with Gasteiger partial charge in [0.05, 0.1) is 18.8 Å². The highest BCUT2D eigenvalue weighted by atomic mass is 16.5. The van der Waals surface area contributed by atoms with Crippen LogP contribution in [0.3, 0.4) is 0 Å². The molecule has 1 aliphatic heterocycles. The molecule has 1 aliphatic carbocycles. The van der Waals surface area contributed by atoms with E-state index in [-0.39, 0.29) is 17.8 Å². The Hall–Kier alpha value is -2.89. The SMILES string of the molecule is CC[C@H](C)OC(=O)C1=C(C)NC2=C(C(=O)[C@H](C(=O)OC)[C@H](C)C2)[C@H]1c1ccccc1C. The summed E-state index contributed by atoms with van der Waals surface area (Å²) in [6.07, 6.45) is 0.967. The molecule has 1 N–H and O–H groups in total. The van der Waals surface area contributed by atoms with Crippen LogP contribution in [0.4, 0.5) is 0 Å². The molecule has 0 spiro atoms. The van der Waals surface area contributed by atoms with E-state index in [1.54, 1.807) is 0 Å². The Morgan fingerprint density at radius 1 is 1.23 bits per heavy atom. The van der Waals surface area contributed by atoms with Crippen molar-refractivity contribution < 1.29 is 23.9 Å². The van der Waals surface area contributed by atoms with Gasteiger partial charge < -0.3 is 14.8 Å². The zero-order valence-corrected chi connectivity index (χ0v) is 19.1. The first-order valence-electron chi connectivity index (χ1n) is 10.8. The van der Waals surface area contributed by atoms with Crippen LogP contribution in [0.25, 0.3) is 0 Å². The lowest BCUT2D eigenvalue weighted by Crippen LogP contribution is -2.43. The second-order valence-electron chi connectivity index (χ2n) is 8.52. The molecular formula is C25H31NO5. The number of esters is 2. The van der Waals surface area contributed by atoms with E-state index in [4.69, 9.17) is 9.47 Å². The van der Waals surface area contributed by atoms with Gasteiger partial charge in [0.15, 0.2) is 5.78 Å². The van der Waals surface area contributed by atoms with Crippen LogP contribution in [-0.2, 0) is 23.9 Å². The maximum absolute atomic E-state index is 13.6. The van der Waals surface area contributed by atoms with Crippen molar-refractivity contribution in [2.75, 3.05) is 7.11 Å². The maximum atomic E-state index is 13.6. The lowest BCUT2D eigenvalue weighted by molar-refractivity contribution is -0.151. The van der Waals surface area contributed by atoms with Crippen molar-refractivity contribution in [3.05, 3.63) is 57.9 Å². The number of aryl methyl sites for hydroxylation is 1. The third kappa shape index (κ3) is 4.16. The number of carbonyl (C=O) groups is 3. The first kappa shape index (κ1) is 22.8. The highest BCUT2D eigenvalue weighted by molar-refractivity contribution is 6.12. The third-order valence-corrected chi connectivity index (χ3v) is 6.35. The van der Waals surface area contributed by atoms with Gasteiger partial charge in [-0.2, -0.15) is 0 Å². The molecule has 0 fully saturated rings.